The summed E-state index contributed by atoms with van der Waals surface area (Å²) in [6, 6.07) is 0.192. The fraction of sp³-hybridized carbons (Fsp3) is 0.909. The number of nitrogens with one attached hydrogen (secondary N) is 1. The summed E-state index contributed by atoms with van der Waals surface area (Å²) in [5, 5.41) is 3.05. The van der Waals surface area contributed by atoms with Crippen molar-refractivity contribution in [2.24, 2.45) is 10.7 Å². The molecule has 0 aliphatic heterocycles. The number of unbranched alkanes of at least 4 members (excludes halogenated alkanes) is 1. The van der Waals surface area contributed by atoms with Crippen LogP contribution in [0, 0.1) is 0 Å². The standard InChI is InChI=1S/C11H25N3O2/c1-4-16-8-6-5-7-13-11(12)14-10(2)9-15-3/h10H,4-9H2,1-3H3,(H3,12,13,14). The van der Waals surface area contributed by atoms with Crippen molar-refractivity contribution in [3.63, 3.8) is 0 Å². The zero-order valence-electron chi connectivity index (χ0n) is 10.7. The molecule has 0 aliphatic rings. The average molecular weight is 231 g/mol. The van der Waals surface area contributed by atoms with Crippen LogP contribution in [0.15, 0.2) is 4.99 Å². The lowest BCUT2D eigenvalue weighted by atomic mass is 10.3. The van der Waals surface area contributed by atoms with Crippen molar-refractivity contribution in [3.8, 4) is 0 Å². The number of rotatable bonds is 9. The molecule has 1 atom stereocenters. The van der Waals surface area contributed by atoms with Crippen LogP contribution in [0.4, 0.5) is 0 Å². The summed E-state index contributed by atoms with van der Waals surface area (Å²) in [5.74, 6) is 0.487. The molecule has 0 saturated heterocycles. The molecule has 0 spiro atoms. The van der Waals surface area contributed by atoms with Gasteiger partial charge in [-0.05, 0) is 26.7 Å². The van der Waals surface area contributed by atoms with Crippen molar-refractivity contribution in [2.45, 2.75) is 32.7 Å². The van der Waals surface area contributed by atoms with Crippen LogP contribution in [0.2, 0.25) is 0 Å². The highest BCUT2D eigenvalue weighted by molar-refractivity contribution is 5.78. The minimum Gasteiger partial charge on any atom is -0.383 e. The van der Waals surface area contributed by atoms with Crippen LogP contribution in [0.3, 0.4) is 0 Å². The van der Waals surface area contributed by atoms with E-state index in [1.54, 1.807) is 7.11 Å². The highest BCUT2D eigenvalue weighted by atomic mass is 16.5. The Morgan fingerprint density at radius 1 is 1.44 bits per heavy atom. The predicted octanol–water partition coefficient (Wildman–Crippen LogP) is 0.742. The zero-order valence-corrected chi connectivity index (χ0v) is 10.7. The van der Waals surface area contributed by atoms with Gasteiger partial charge in [0.2, 0.25) is 0 Å². The number of nitrogens with zero attached hydrogens (tertiary/aromatic N) is 1. The third-order valence-corrected chi connectivity index (χ3v) is 1.99. The fourth-order valence-corrected chi connectivity index (χ4v) is 1.25. The van der Waals surface area contributed by atoms with Gasteiger partial charge in [0.05, 0.1) is 6.61 Å². The summed E-state index contributed by atoms with van der Waals surface area (Å²) < 4.78 is 10.2. The highest BCUT2D eigenvalue weighted by Gasteiger charge is 2.00. The number of hydrogen-bond donors (Lipinski definition) is 2. The van der Waals surface area contributed by atoms with Gasteiger partial charge < -0.3 is 20.5 Å². The SMILES string of the molecule is CCOCCCCN=C(N)NC(C)COC. The summed E-state index contributed by atoms with van der Waals surface area (Å²) >= 11 is 0. The Labute approximate surface area is 98.4 Å². The van der Waals surface area contributed by atoms with Gasteiger partial charge in [-0.15, -0.1) is 0 Å². The minimum absolute atomic E-state index is 0.192. The average Bonchev–Trinajstić information content (AvgIpc) is 2.23. The molecular formula is C11H25N3O2. The Hall–Kier alpha value is -0.810. The van der Waals surface area contributed by atoms with Crippen molar-refractivity contribution >= 4 is 5.96 Å². The molecule has 0 saturated carbocycles. The Bertz CT molecular complexity index is 186. The summed E-state index contributed by atoms with van der Waals surface area (Å²) in [6.07, 6.45) is 2.03. The van der Waals surface area contributed by atoms with Crippen LogP contribution in [-0.4, -0.2) is 45.5 Å². The third-order valence-electron chi connectivity index (χ3n) is 1.99. The van der Waals surface area contributed by atoms with Crippen molar-refractivity contribution in [1.82, 2.24) is 5.32 Å². The second-order valence-corrected chi connectivity index (χ2v) is 3.67. The first-order chi connectivity index (χ1) is 7.70. The molecule has 0 bridgehead atoms. The number of ether oxygens (including phenoxy) is 2. The van der Waals surface area contributed by atoms with Gasteiger partial charge in [0.1, 0.15) is 0 Å². The van der Waals surface area contributed by atoms with Crippen LogP contribution in [0.5, 0.6) is 0 Å². The van der Waals surface area contributed by atoms with Crippen molar-refractivity contribution < 1.29 is 9.47 Å². The lowest BCUT2D eigenvalue weighted by molar-refractivity contribution is 0.144. The molecule has 0 aliphatic carbocycles. The first kappa shape index (κ1) is 15.2. The molecule has 1 unspecified atom stereocenters. The van der Waals surface area contributed by atoms with E-state index in [9.17, 15) is 0 Å². The molecule has 96 valence electrons. The maximum atomic E-state index is 5.70. The minimum atomic E-state index is 0.192. The summed E-state index contributed by atoms with van der Waals surface area (Å²) in [4.78, 5) is 4.22. The number of methoxy groups -OCH3 is 1. The lowest BCUT2D eigenvalue weighted by Gasteiger charge is -2.12. The molecule has 0 aromatic rings. The van der Waals surface area contributed by atoms with Gasteiger partial charge in [-0.3, -0.25) is 4.99 Å². The molecule has 3 N–H and O–H groups in total. The second kappa shape index (κ2) is 10.7. The van der Waals surface area contributed by atoms with E-state index >= 15 is 0 Å². The van der Waals surface area contributed by atoms with E-state index in [4.69, 9.17) is 15.2 Å². The molecule has 0 heterocycles. The van der Waals surface area contributed by atoms with E-state index in [0.29, 0.717) is 12.6 Å². The van der Waals surface area contributed by atoms with Crippen LogP contribution in [0.1, 0.15) is 26.7 Å². The molecule has 5 heteroatoms. The van der Waals surface area contributed by atoms with Crippen molar-refractivity contribution in [1.29, 1.82) is 0 Å². The van der Waals surface area contributed by atoms with Crippen LogP contribution >= 0.6 is 0 Å². The fourth-order valence-electron chi connectivity index (χ4n) is 1.25. The second-order valence-electron chi connectivity index (χ2n) is 3.67. The number of guanidine groups is 1. The highest BCUT2D eigenvalue weighted by Crippen LogP contribution is 1.91. The number of aliphatic imine (C=N–C) groups is 1. The van der Waals surface area contributed by atoms with Gasteiger partial charge in [-0.1, -0.05) is 0 Å². The summed E-state index contributed by atoms with van der Waals surface area (Å²) in [6.45, 7) is 6.95. The van der Waals surface area contributed by atoms with Gasteiger partial charge in [0, 0.05) is 32.9 Å². The van der Waals surface area contributed by atoms with E-state index in [0.717, 1.165) is 32.6 Å². The third kappa shape index (κ3) is 9.73. The van der Waals surface area contributed by atoms with E-state index in [1.165, 1.54) is 0 Å². The monoisotopic (exact) mass is 231 g/mol. The van der Waals surface area contributed by atoms with Gasteiger partial charge in [0.25, 0.3) is 0 Å². The predicted molar refractivity (Wildman–Crippen MR) is 66.7 cm³/mol. The van der Waals surface area contributed by atoms with E-state index in [1.807, 2.05) is 13.8 Å². The molecule has 5 nitrogen and oxygen atoms in total. The number of hydrogen-bond acceptors (Lipinski definition) is 3. The Morgan fingerprint density at radius 3 is 2.81 bits per heavy atom. The van der Waals surface area contributed by atoms with Gasteiger partial charge in [0.15, 0.2) is 5.96 Å². The van der Waals surface area contributed by atoms with E-state index < -0.39 is 0 Å². The Morgan fingerprint density at radius 2 is 2.19 bits per heavy atom. The maximum Gasteiger partial charge on any atom is 0.188 e. The summed E-state index contributed by atoms with van der Waals surface area (Å²) in [7, 11) is 1.67. The molecular weight excluding hydrogens is 206 g/mol. The van der Waals surface area contributed by atoms with Crippen LogP contribution in [0.25, 0.3) is 0 Å². The van der Waals surface area contributed by atoms with Crippen LogP contribution < -0.4 is 11.1 Å². The first-order valence-corrected chi connectivity index (χ1v) is 5.83. The largest absolute Gasteiger partial charge is 0.383 e. The Kier molecular flexibility index (Phi) is 10.2. The summed E-state index contributed by atoms with van der Waals surface area (Å²) in [5.41, 5.74) is 5.70. The van der Waals surface area contributed by atoms with Crippen LogP contribution in [-0.2, 0) is 9.47 Å². The van der Waals surface area contributed by atoms with Crippen molar-refractivity contribution in [3.05, 3.63) is 0 Å². The zero-order chi connectivity index (χ0) is 12.2. The van der Waals surface area contributed by atoms with E-state index in [-0.39, 0.29) is 6.04 Å². The molecule has 0 aromatic carbocycles. The molecule has 0 fully saturated rings. The normalized spacial score (nSPS) is 13.8. The molecule has 0 rings (SSSR count). The van der Waals surface area contributed by atoms with Gasteiger partial charge in [-0.25, -0.2) is 0 Å². The molecule has 16 heavy (non-hydrogen) atoms. The molecule has 0 radical (unpaired) electrons. The Balaban J connectivity index is 3.47. The maximum absolute atomic E-state index is 5.70. The lowest BCUT2D eigenvalue weighted by Crippen LogP contribution is -2.40. The first-order valence-electron chi connectivity index (χ1n) is 5.83. The topological polar surface area (TPSA) is 68.9 Å². The van der Waals surface area contributed by atoms with Gasteiger partial charge in [-0.2, -0.15) is 0 Å². The molecule has 0 amide bonds. The quantitative estimate of drug-likeness (QED) is 0.349. The smallest absolute Gasteiger partial charge is 0.188 e. The molecule has 0 aromatic heterocycles. The van der Waals surface area contributed by atoms with Gasteiger partial charge >= 0.3 is 0 Å². The van der Waals surface area contributed by atoms with E-state index in [2.05, 4.69) is 10.3 Å². The van der Waals surface area contributed by atoms with Crippen molar-refractivity contribution in [2.75, 3.05) is 33.5 Å². The number of nitrogens with two attached hydrogens (primary N) is 1.